The number of imidazole rings is 1. The summed E-state index contributed by atoms with van der Waals surface area (Å²) in [6, 6.07) is 0.726. The zero-order valence-corrected chi connectivity index (χ0v) is 17.3. The van der Waals surface area contributed by atoms with Crippen LogP contribution in [0, 0.1) is 0 Å². The van der Waals surface area contributed by atoms with Crippen LogP contribution in [0.15, 0.2) is 46.6 Å². The van der Waals surface area contributed by atoms with Crippen molar-refractivity contribution in [2.24, 2.45) is 0 Å². The number of fused-ring (bicyclic) bond motifs is 1. The molecule has 4 aromatic heterocycles. The molecule has 5 heterocycles. The monoisotopic (exact) mass is 496 g/mol. The highest BCUT2D eigenvalue weighted by molar-refractivity contribution is 5.74. The molecule has 0 unspecified atom stereocenters. The number of rotatable bonds is 4. The molecular formula is C19H13F5N8O3. The Hall–Kier alpha value is -4.37. The Morgan fingerprint density at radius 2 is 1.89 bits per heavy atom. The fourth-order valence-corrected chi connectivity index (χ4v) is 3.58. The second-order valence-electron chi connectivity index (χ2n) is 7.60. The lowest BCUT2D eigenvalue weighted by Crippen LogP contribution is -2.37. The number of aromatic amines is 2. The largest absolute Gasteiger partial charge is 0.452 e. The topological polar surface area (TPSA) is 134 Å². The van der Waals surface area contributed by atoms with E-state index in [2.05, 4.69) is 30.0 Å². The van der Waals surface area contributed by atoms with Gasteiger partial charge in [-0.05, 0) is 6.07 Å². The van der Waals surface area contributed by atoms with Gasteiger partial charge in [-0.3, -0.25) is 9.78 Å². The number of nitrogens with zero attached hydrogens (tertiary/aromatic N) is 6. The van der Waals surface area contributed by atoms with Crippen LogP contribution in [-0.2, 0) is 6.18 Å². The van der Waals surface area contributed by atoms with Crippen LogP contribution in [0.1, 0.15) is 5.56 Å². The number of halogens is 5. The third-order valence-corrected chi connectivity index (χ3v) is 5.24. The van der Waals surface area contributed by atoms with Crippen LogP contribution >= 0.6 is 0 Å². The fourth-order valence-electron chi connectivity index (χ4n) is 3.58. The lowest BCUT2D eigenvalue weighted by Gasteiger charge is -2.19. The summed E-state index contributed by atoms with van der Waals surface area (Å²) >= 11 is 0. The van der Waals surface area contributed by atoms with Crippen LogP contribution in [-0.4, -0.2) is 59.6 Å². The molecule has 0 bridgehead atoms. The number of anilines is 1. The van der Waals surface area contributed by atoms with Crippen molar-refractivity contribution in [2.75, 3.05) is 18.0 Å². The van der Waals surface area contributed by atoms with Crippen LogP contribution in [0.3, 0.4) is 0 Å². The quantitative estimate of drug-likeness (QED) is 0.406. The number of aromatic nitrogens is 7. The lowest BCUT2D eigenvalue weighted by atomic mass is 10.2. The predicted molar refractivity (Wildman–Crippen MR) is 108 cm³/mol. The van der Waals surface area contributed by atoms with Crippen LogP contribution < -0.4 is 20.9 Å². The van der Waals surface area contributed by atoms with Gasteiger partial charge in [-0.25, -0.2) is 33.0 Å². The van der Waals surface area contributed by atoms with Gasteiger partial charge in [-0.15, -0.1) is 0 Å². The molecule has 4 aromatic rings. The molecule has 0 saturated carbocycles. The Morgan fingerprint density at radius 3 is 2.57 bits per heavy atom. The first kappa shape index (κ1) is 22.4. The summed E-state index contributed by atoms with van der Waals surface area (Å²) in [6.07, 6.45) is -1.62. The number of hydrogen-bond donors (Lipinski definition) is 2. The maximum absolute atomic E-state index is 14.8. The van der Waals surface area contributed by atoms with E-state index in [4.69, 9.17) is 4.74 Å². The number of ether oxygens (including phenoxy) is 1. The van der Waals surface area contributed by atoms with Gasteiger partial charge in [0.15, 0.2) is 11.8 Å². The van der Waals surface area contributed by atoms with Gasteiger partial charge in [0.2, 0.25) is 0 Å². The van der Waals surface area contributed by atoms with Crippen molar-refractivity contribution in [3.05, 3.63) is 63.5 Å². The van der Waals surface area contributed by atoms with Gasteiger partial charge < -0.3 is 14.6 Å². The Balaban J connectivity index is 1.47. The third kappa shape index (κ3) is 4.17. The van der Waals surface area contributed by atoms with Gasteiger partial charge >= 0.3 is 23.8 Å². The van der Waals surface area contributed by atoms with Crippen molar-refractivity contribution in [3.8, 4) is 17.3 Å². The zero-order chi connectivity index (χ0) is 25.0. The molecule has 1 aliphatic heterocycles. The van der Waals surface area contributed by atoms with E-state index in [-0.39, 0.29) is 22.6 Å². The molecular weight excluding hydrogens is 483 g/mol. The number of nitrogens with one attached hydrogen (secondary N) is 2. The molecule has 1 saturated heterocycles. The van der Waals surface area contributed by atoms with Gasteiger partial charge in [0, 0.05) is 31.0 Å². The van der Waals surface area contributed by atoms with Crippen molar-refractivity contribution in [2.45, 2.75) is 18.2 Å². The fraction of sp³-hybridized carbons (Fsp3) is 0.263. The van der Waals surface area contributed by atoms with E-state index in [1.165, 1.54) is 27.9 Å². The molecule has 2 N–H and O–H groups in total. The molecule has 1 atom stereocenters. The van der Waals surface area contributed by atoms with Gasteiger partial charge in [0.05, 0.1) is 29.9 Å². The van der Waals surface area contributed by atoms with E-state index in [0.29, 0.717) is 12.4 Å². The van der Waals surface area contributed by atoms with Crippen molar-refractivity contribution in [3.63, 3.8) is 0 Å². The summed E-state index contributed by atoms with van der Waals surface area (Å²) in [4.78, 5) is 40.0. The first-order chi connectivity index (χ1) is 16.5. The maximum Gasteiger partial charge on any atom is 0.419 e. The summed E-state index contributed by atoms with van der Waals surface area (Å²) < 4.78 is 74.1. The third-order valence-electron chi connectivity index (χ3n) is 5.24. The second-order valence-corrected chi connectivity index (χ2v) is 7.60. The minimum atomic E-state index is -4.69. The van der Waals surface area contributed by atoms with E-state index in [1.54, 1.807) is 0 Å². The molecule has 0 radical (unpaired) electrons. The molecule has 16 heteroatoms. The standard InChI is InChI=1S/C19H13F5N8O3/c20-18(21)8-31(7-13(18)35-17-27-4-9(5-28-17)19(22,23)24)12-3-11(30-32-2-1-25-14(12)32)10-6-26-16(34)29-15(10)33/h1-6,13H,7-8H2,(H2,26,29,33,34)/t13-/m1/s1. The normalized spacial score (nSPS) is 17.7. The summed E-state index contributed by atoms with van der Waals surface area (Å²) in [5.41, 5.74) is -2.17. The molecule has 0 amide bonds. The van der Waals surface area contributed by atoms with E-state index in [0.717, 1.165) is 6.20 Å². The summed E-state index contributed by atoms with van der Waals surface area (Å²) in [6.45, 7) is -1.22. The first-order valence-electron chi connectivity index (χ1n) is 9.87. The van der Waals surface area contributed by atoms with Gasteiger partial charge in [0.25, 0.3) is 5.56 Å². The Morgan fingerprint density at radius 1 is 1.14 bits per heavy atom. The van der Waals surface area contributed by atoms with Gasteiger partial charge in [0.1, 0.15) is 5.69 Å². The maximum atomic E-state index is 14.8. The van der Waals surface area contributed by atoms with Crippen LogP contribution in [0.4, 0.5) is 27.6 Å². The minimum Gasteiger partial charge on any atom is -0.452 e. The smallest absolute Gasteiger partial charge is 0.419 e. The highest BCUT2D eigenvalue weighted by Crippen LogP contribution is 2.36. The Bertz CT molecular complexity index is 1510. The van der Waals surface area contributed by atoms with Crippen LogP contribution in [0.5, 0.6) is 6.01 Å². The molecule has 11 nitrogen and oxygen atoms in total. The highest BCUT2D eigenvalue weighted by atomic mass is 19.4. The zero-order valence-electron chi connectivity index (χ0n) is 17.3. The van der Waals surface area contributed by atoms with Gasteiger partial charge in [-0.2, -0.15) is 18.3 Å². The van der Waals surface area contributed by atoms with Crippen molar-refractivity contribution in [1.82, 2.24) is 34.5 Å². The molecule has 182 valence electrons. The lowest BCUT2D eigenvalue weighted by molar-refractivity contribution is -0.138. The summed E-state index contributed by atoms with van der Waals surface area (Å²) in [5, 5.41) is 4.23. The predicted octanol–water partition coefficient (Wildman–Crippen LogP) is 1.48. The summed E-state index contributed by atoms with van der Waals surface area (Å²) in [7, 11) is 0. The van der Waals surface area contributed by atoms with Gasteiger partial charge in [-0.1, -0.05) is 0 Å². The molecule has 0 aliphatic carbocycles. The highest BCUT2D eigenvalue weighted by Gasteiger charge is 2.51. The molecule has 1 fully saturated rings. The number of alkyl halides is 5. The molecule has 35 heavy (non-hydrogen) atoms. The second kappa shape index (κ2) is 7.85. The number of hydrogen-bond acceptors (Lipinski definition) is 8. The van der Waals surface area contributed by atoms with Crippen molar-refractivity contribution >= 4 is 11.3 Å². The molecule has 1 aliphatic rings. The summed E-state index contributed by atoms with van der Waals surface area (Å²) in [5.74, 6) is -3.44. The van der Waals surface area contributed by atoms with E-state index < -0.39 is 54.1 Å². The molecule has 5 rings (SSSR count). The van der Waals surface area contributed by atoms with Crippen molar-refractivity contribution in [1.29, 1.82) is 0 Å². The van der Waals surface area contributed by atoms with E-state index in [1.807, 2.05) is 0 Å². The van der Waals surface area contributed by atoms with Crippen LogP contribution in [0.25, 0.3) is 16.9 Å². The average molecular weight is 496 g/mol. The van der Waals surface area contributed by atoms with Crippen LogP contribution in [0.2, 0.25) is 0 Å². The number of H-pyrrole nitrogens is 2. The minimum absolute atomic E-state index is 0.0154. The Kier molecular flexibility index (Phi) is 5.03. The molecule has 0 spiro atoms. The van der Waals surface area contributed by atoms with Crippen molar-refractivity contribution < 1.29 is 26.7 Å². The Labute approximate surface area is 190 Å². The average Bonchev–Trinajstić information content (AvgIpc) is 3.37. The van der Waals surface area contributed by atoms with E-state index in [9.17, 15) is 31.5 Å². The SMILES string of the molecule is O=c1[nH]cc(-c2cc(N3C[C@@H](Oc4ncc(C(F)(F)F)cn4)C(F)(F)C3)c3nccn3n2)c(=O)[nH]1. The first-order valence-corrected chi connectivity index (χ1v) is 9.87. The van der Waals surface area contributed by atoms with E-state index >= 15 is 0 Å². The molecule has 0 aromatic carbocycles.